The summed E-state index contributed by atoms with van der Waals surface area (Å²) in [6, 6.07) is 6.04. The van der Waals surface area contributed by atoms with Gasteiger partial charge in [-0.1, -0.05) is 12.1 Å². The third-order valence-corrected chi connectivity index (χ3v) is 1.81. The number of hydrogen-bond donors (Lipinski definition) is 2. The van der Waals surface area contributed by atoms with E-state index >= 15 is 0 Å². The zero-order valence-corrected chi connectivity index (χ0v) is 8.22. The van der Waals surface area contributed by atoms with Crippen LogP contribution in [0.3, 0.4) is 0 Å². The maximum atomic E-state index is 13.2. The van der Waals surface area contributed by atoms with Gasteiger partial charge in [0.1, 0.15) is 0 Å². The minimum absolute atomic E-state index is 0.0889. The molecule has 0 unspecified atom stereocenters. The number of nitrogens with zero attached hydrogens (tertiary/aromatic N) is 2. The van der Waals surface area contributed by atoms with Crippen molar-refractivity contribution in [2.45, 2.75) is 0 Å². The first kappa shape index (κ1) is 10.3. The Balaban J connectivity index is 2.24. The average Bonchev–Trinajstić information content (AvgIpc) is 2.32. The Bertz CT molecular complexity index is 492. The number of nitrogens with two attached hydrogens (primary N) is 1. The molecule has 0 amide bonds. The molecule has 0 fully saturated rings. The van der Waals surface area contributed by atoms with Crippen LogP contribution in [0.1, 0.15) is 0 Å². The SMILES string of the molecule is NNc1cncc(Oc2ccccc2F)n1. The Hall–Kier alpha value is -2.21. The molecule has 5 nitrogen and oxygen atoms in total. The molecule has 2 rings (SSSR count). The van der Waals surface area contributed by atoms with Crippen LogP contribution in [0.2, 0.25) is 0 Å². The summed E-state index contributed by atoms with van der Waals surface area (Å²) in [5, 5.41) is 0. The first-order chi connectivity index (χ1) is 7.79. The van der Waals surface area contributed by atoms with E-state index in [1.807, 2.05) is 0 Å². The second-order valence-electron chi connectivity index (χ2n) is 2.92. The van der Waals surface area contributed by atoms with Crippen LogP contribution in [0.25, 0.3) is 0 Å². The zero-order valence-electron chi connectivity index (χ0n) is 8.22. The second-order valence-corrected chi connectivity index (χ2v) is 2.92. The quantitative estimate of drug-likeness (QED) is 0.608. The summed E-state index contributed by atoms with van der Waals surface area (Å²) >= 11 is 0. The summed E-state index contributed by atoms with van der Waals surface area (Å²) in [4.78, 5) is 7.77. The molecule has 0 radical (unpaired) electrons. The lowest BCUT2D eigenvalue weighted by molar-refractivity contribution is 0.426. The Labute approximate surface area is 91.1 Å². The fourth-order valence-electron chi connectivity index (χ4n) is 1.11. The summed E-state index contributed by atoms with van der Waals surface area (Å²) in [5.41, 5.74) is 2.32. The topological polar surface area (TPSA) is 73.1 Å². The molecule has 3 N–H and O–H groups in total. The molecule has 6 heteroatoms. The lowest BCUT2D eigenvalue weighted by Gasteiger charge is -2.05. The predicted octanol–water partition coefficient (Wildman–Crippen LogP) is 1.69. The summed E-state index contributed by atoms with van der Waals surface area (Å²) in [6.45, 7) is 0. The van der Waals surface area contributed by atoms with Gasteiger partial charge in [0.15, 0.2) is 17.4 Å². The first-order valence-corrected chi connectivity index (χ1v) is 4.50. The lowest BCUT2D eigenvalue weighted by atomic mass is 10.3. The molecular formula is C10H9FN4O. The maximum absolute atomic E-state index is 13.2. The number of anilines is 1. The molecule has 0 saturated carbocycles. The lowest BCUT2D eigenvalue weighted by Crippen LogP contribution is -2.09. The number of rotatable bonds is 3. The number of nitrogen functional groups attached to an aromatic ring is 1. The number of halogens is 1. The van der Waals surface area contributed by atoms with Crippen LogP contribution in [0.4, 0.5) is 10.2 Å². The van der Waals surface area contributed by atoms with Crippen LogP contribution in [-0.4, -0.2) is 9.97 Å². The highest BCUT2D eigenvalue weighted by Gasteiger charge is 2.05. The molecular weight excluding hydrogens is 211 g/mol. The van der Waals surface area contributed by atoms with Crippen LogP contribution in [0.15, 0.2) is 36.7 Å². The maximum Gasteiger partial charge on any atom is 0.239 e. The van der Waals surface area contributed by atoms with E-state index in [0.29, 0.717) is 5.82 Å². The van der Waals surface area contributed by atoms with Crippen molar-refractivity contribution >= 4 is 5.82 Å². The van der Waals surface area contributed by atoms with E-state index in [1.165, 1.54) is 24.5 Å². The molecule has 0 aliphatic carbocycles. The van der Waals surface area contributed by atoms with Crippen LogP contribution in [0, 0.1) is 5.82 Å². The highest BCUT2D eigenvalue weighted by atomic mass is 19.1. The Morgan fingerprint density at radius 3 is 2.81 bits per heavy atom. The van der Waals surface area contributed by atoms with Gasteiger partial charge >= 0.3 is 0 Å². The molecule has 16 heavy (non-hydrogen) atoms. The molecule has 0 atom stereocenters. The van der Waals surface area contributed by atoms with Gasteiger partial charge in [-0.2, -0.15) is 4.98 Å². The molecule has 1 aromatic carbocycles. The number of nitrogens with one attached hydrogen (secondary N) is 1. The van der Waals surface area contributed by atoms with E-state index in [4.69, 9.17) is 10.6 Å². The molecule has 0 bridgehead atoms. The second kappa shape index (κ2) is 4.54. The average molecular weight is 220 g/mol. The normalized spacial score (nSPS) is 9.88. The number of para-hydroxylation sites is 1. The molecule has 0 saturated heterocycles. The van der Waals surface area contributed by atoms with Crippen molar-refractivity contribution in [1.29, 1.82) is 0 Å². The highest BCUT2D eigenvalue weighted by molar-refractivity contribution is 5.33. The van der Waals surface area contributed by atoms with Crippen molar-refractivity contribution in [3.05, 3.63) is 42.5 Å². The number of hydrogen-bond acceptors (Lipinski definition) is 5. The Kier molecular flexibility index (Phi) is 2.93. The fraction of sp³-hybridized carbons (Fsp3) is 0. The molecule has 82 valence electrons. The highest BCUT2D eigenvalue weighted by Crippen LogP contribution is 2.22. The predicted molar refractivity (Wildman–Crippen MR) is 56.3 cm³/mol. The molecule has 2 aromatic rings. The van der Waals surface area contributed by atoms with Gasteiger partial charge in [-0.05, 0) is 12.1 Å². The van der Waals surface area contributed by atoms with Gasteiger partial charge in [0.25, 0.3) is 0 Å². The Morgan fingerprint density at radius 2 is 2.06 bits per heavy atom. The number of ether oxygens (including phenoxy) is 1. The monoisotopic (exact) mass is 220 g/mol. The van der Waals surface area contributed by atoms with Gasteiger partial charge in [-0.3, -0.25) is 4.98 Å². The van der Waals surface area contributed by atoms with Crippen molar-refractivity contribution in [2.75, 3.05) is 5.43 Å². The number of benzene rings is 1. The zero-order chi connectivity index (χ0) is 11.4. The van der Waals surface area contributed by atoms with Crippen molar-refractivity contribution < 1.29 is 9.13 Å². The van der Waals surface area contributed by atoms with Gasteiger partial charge in [0.05, 0.1) is 12.4 Å². The van der Waals surface area contributed by atoms with Crippen molar-refractivity contribution in [2.24, 2.45) is 5.84 Å². The van der Waals surface area contributed by atoms with Crippen molar-refractivity contribution in [1.82, 2.24) is 9.97 Å². The standard InChI is InChI=1S/C10H9FN4O/c11-7-3-1-2-4-8(7)16-10-6-13-5-9(14-10)15-12/h1-6H,12H2,(H,14,15). The van der Waals surface area contributed by atoms with Crippen LogP contribution in [0.5, 0.6) is 11.6 Å². The smallest absolute Gasteiger partial charge is 0.239 e. The fourth-order valence-corrected chi connectivity index (χ4v) is 1.11. The van der Waals surface area contributed by atoms with E-state index in [-0.39, 0.29) is 11.6 Å². The third-order valence-electron chi connectivity index (χ3n) is 1.81. The van der Waals surface area contributed by atoms with Gasteiger partial charge in [-0.15, -0.1) is 0 Å². The summed E-state index contributed by atoms with van der Waals surface area (Å²) in [6.07, 6.45) is 2.79. The van der Waals surface area contributed by atoms with E-state index in [0.717, 1.165) is 0 Å². The largest absolute Gasteiger partial charge is 0.434 e. The van der Waals surface area contributed by atoms with E-state index in [9.17, 15) is 4.39 Å². The number of hydrazine groups is 1. The third kappa shape index (κ3) is 2.23. The summed E-state index contributed by atoms with van der Waals surface area (Å²) in [5.74, 6) is 5.29. The van der Waals surface area contributed by atoms with Crippen molar-refractivity contribution in [3.63, 3.8) is 0 Å². The molecule has 0 aliphatic heterocycles. The van der Waals surface area contributed by atoms with Crippen molar-refractivity contribution in [3.8, 4) is 11.6 Å². The van der Waals surface area contributed by atoms with E-state index in [1.54, 1.807) is 12.1 Å². The van der Waals surface area contributed by atoms with Gasteiger partial charge in [0, 0.05) is 0 Å². The van der Waals surface area contributed by atoms with Crippen LogP contribution >= 0.6 is 0 Å². The van der Waals surface area contributed by atoms with E-state index in [2.05, 4.69) is 15.4 Å². The molecule has 1 aromatic heterocycles. The minimum atomic E-state index is -0.463. The van der Waals surface area contributed by atoms with E-state index < -0.39 is 5.82 Å². The van der Waals surface area contributed by atoms with Gasteiger partial charge < -0.3 is 10.2 Å². The minimum Gasteiger partial charge on any atom is -0.434 e. The van der Waals surface area contributed by atoms with Crippen LogP contribution < -0.4 is 16.0 Å². The number of aromatic nitrogens is 2. The first-order valence-electron chi connectivity index (χ1n) is 4.50. The summed E-state index contributed by atoms with van der Waals surface area (Å²) < 4.78 is 18.5. The molecule has 0 spiro atoms. The van der Waals surface area contributed by atoms with Crippen LogP contribution in [-0.2, 0) is 0 Å². The Morgan fingerprint density at radius 1 is 1.25 bits per heavy atom. The van der Waals surface area contributed by atoms with Gasteiger partial charge in [0.2, 0.25) is 5.88 Å². The van der Waals surface area contributed by atoms with Gasteiger partial charge in [-0.25, -0.2) is 10.2 Å². The summed E-state index contributed by atoms with van der Waals surface area (Å²) in [7, 11) is 0. The molecule has 1 heterocycles. The molecule has 0 aliphatic rings.